The molecule has 0 saturated heterocycles. The van der Waals surface area contributed by atoms with Gasteiger partial charge < -0.3 is 9.47 Å². The van der Waals surface area contributed by atoms with E-state index in [4.69, 9.17) is 9.47 Å². The van der Waals surface area contributed by atoms with Gasteiger partial charge in [-0.25, -0.2) is 0 Å². The van der Waals surface area contributed by atoms with Crippen LogP contribution >= 0.6 is 0 Å². The van der Waals surface area contributed by atoms with E-state index in [9.17, 15) is 4.79 Å². The topological polar surface area (TPSA) is 35.5 Å². The maximum atomic E-state index is 12.0. The van der Waals surface area contributed by atoms with Crippen LogP contribution in [-0.2, 0) is 20.7 Å². The first-order valence-electron chi connectivity index (χ1n) is 6.42. The van der Waals surface area contributed by atoms with Gasteiger partial charge in [-0.1, -0.05) is 24.3 Å². The van der Waals surface area contributed by atoms with E-state index in [1.807, 2.05) is 6.07 Å². The second-order valence-electron chi connectivity index (χ2n) is 4.76. The molecule has 2 rings (SSSR count). The van der Waals surface area contributed by atoms with Crippen molar-refractivity contribution in [2.45, 2.75) is 37.9 Å². The van der Waals surface area contributed by atoms with Crippen LogP contribution in [0.5, 0.6) is 0 Å². The molecular formula is C15H20O3. The molecule has 18 heavy (non-hydrogen) atoms. The Bertz CT molecular complexity index is 410. The zero-order chi connectivity index (χ0) is 13.0. The summed E-state index contributed by atoms with van der Waals surface area (Å²) in [4.78, 5) is 12.0. The number of benzene rings is 1. The molecule has 1 aliphatic carbocycles. The van der Waals surface area contributed by atoms with Gasteiger partial charge in [0.1, 0.15) is 0 Å². The van der Waals surface area contributed by atoms with E-state index >= 15 is 0 Å². The summed E-state index contributed by atoms with van der Waals surface area (Å²) < 4.78 is 10.0. The molecule has 0 spiro atoms. The molecule has 0 bridgehead atoms. The second kappa shape index (κ2) is 6.12. The number of ketones is 1. The largest absolute Gasteiger partial charge is 0.349 e. The number of hydrogen-bond acceptors (Lipinski definition) is 3. The first-order chi connectivity index (χ1) is 8.76. The summed E-state index contributed by atoms with van der Waals surface area (Å²) in [7, 11) is 3.00. The van der Waals surface area contributed by atoms with Gasteiger partial charge in [0.15, 0.2) is 5.78 Å². The van der Waals surface area contributed by atoms with Crippen LogP contribution < -0.4 is 0 Å². The molecule has 1 atom stereocenters. The van der Waals surface area contributed by atoms with Crippen LogP contribution in [-0.4, -0.2) is 26.3 Å². The lowest BCUT2D eigenvalue weighted by Crippen LogP contribution is -2.27. The van der Waals surface area contributed by atoms with Crippen molar-refractivity contribution in [3.8, 4) is 0 Å². The Morgan fingerprint density at radius 2 is 2.06 bits per heavy atom. The van der Waals surface area contributed by atoms with Gasteiger partial charge in [-0.15, -0.1) is 0 Å². The maximum absolute atomic E-state index is 12.0. The van der Waals surface area contributed by atoms with Crippen LogP contribution in [0.3, 0.4) is 0 Å². The molecule has 1 aromatic rings. The molecule has 0 saturated carbocycles. The van der Waals surface area contributed by atoms with Crippen LogP contribution in [0.4, 0.5) is 0 Å². The molecule has 3 heteroatoms. The predicted molar refractivity (Wildman–Crippen MR) is 69.6 cm³/mol. The van der Waals surface area contributed by atoms with Crippen LogP contribution in [0.1, 0.15) is 36.3 Å². The van der Waals surface area contributed by atoms with Crippen LogP contribution in [0.2, 0.25) is 0 Å². The summed E-state index contributed by atoms with van der Waals surface area (Å²) in [6.45, 7) is 0. The normalized spacial score (nSPS) is 18.7. The van der Waals surface area contributed by atoms with Gasteiger partial charge in [0.05, 0.1) is 0 Å². The Kier molecular flexibility index (Phi) is 4.50. The lowest BCUT2D eigenvalue weighted by molar-refractivity contribution is -0.157. The molecule has 1 aliphatic rings. The van der Waals surface area contributed by atoms with E-state index in [0.717, 1.165) is 19.3 Å². The molecule has 0 aliphatic heterocycles. The third kappa shape index (κ3) is 2.79. The molecule has 0 fully saturated rings. The van der Waals surface area contributed by atoms with E-state index in [1.54, 1.807) is 0 Å². The first-order valence-corrected chi connectivity index (χ1v) is 6.42. The number of ether oxygens (including phenoxy) is 2. The van der Waals surface area contributed by atoms with E-state index in [0.29, 0.717) is 12.3 Å². The van der Waals surface area contributed by atoms with Crippen molar-refractivity contribution in [3.63, 3.8) is 0 Å². The lowest BCUT2D eigenvalue weighted by Gasteiger charge is -2.25. The number of hydrogen-bond donors (Lipinski definition) is 0. The number of Topliss-reactive ketones (excluding diaryl/α,β-unsaturated/α-hetero) is 1. The molecule has 98 valence electrons. The van der Waals surface area contributed by atoms with Crippen molar-refractivity contribution in [3.05, 3.63) is 35.4 Å². The molecule has 1 aromatic carbocycles. The zero-order valence-corrected chi connectivity index (χ0v) is 11.0. The molecule has 0 amide bonds. The van der Waals surface area contributed by atoms with E-state index in [-0.39, 0.29) is 5.78 Å². The molecule has 0 radical (unpaired) electrons. The summed E-state index contributed by atoms with van der Waals surface area (Å²) in [5.41, 5.74) is 2.70. The number of carbonyl (C=O) groups is 1. The van der Waals surface area contributed by atoms with E-state index in [2.05, 4.69) is 18.2 Å². The van der Waals surface area contributed by atoms with Crippen molar-refractivity contribution in [2.24, 2.45) is 0 Å². The minimum Gasteiger partial charge on any atom is -0.349 e. The monoisotopic (exact) mass is 248 g/mol. The highest BCUT2D eigenvalue weighted by Gasteiger charge is 2.26. The third-order valence-corrected chi connectivity index (χ3v) is 3.63. The summed E-state index contributed by atoms with van der Waals surface area (Å²) in [6.07, 6.45) is 3.13. The number of aryl methyl sites for hydroxylation is 1. The molecular weight excluding hydrogens is 228 g/mol. The number of methoxy groups -OCH3 is 2. The number of carbonyl (C=O) groups excluding carboxylic acids is 1. The third-order valence-electron chi connectivity index (χ3n) is 3.63. The summed E-state index contributed by atoms with van der Waals surface area (Å²) in [5.74, 6) is 0.344. The number of rotatable bonds is 5. The summed E-state index contributed by atoms with van der Waals surface area (Å²) in [6, 6.07) is 8.42. The second-order valence-corrected chi connectivity index (χ2v) is 4.76. The number of fused-ring (bicyclic) bond motifs is 1. The van der Waals surface area contributed by atoms with Gasteiger partial charge in [0.2, 0.25) is 6.29 Å². The van der Waals surface area contributed by atoms with Gasteiger partial charge in [-0.2, -0.15) is 0 Å². The lowest BCUT2D eigenvalue weighted by atomic mass is 9.80. The van der Waals surface area contributed by atoms with Crippen molar-refractivity contribution < 1.29 is 14.3 Å². The predicted octanol–water partition coefficient (Wildman–Crippen LogP) is 2.68. The van der Waals surface area contributed by atoms with Crippen molar-refractivity contribution >= 4 is 5.78 Å². The Labute approximate surface area is 108 Å². The van der Waals surface area contributed by atoms with Crippen LogP contribution in [0.25, 0.3) is 0 Å². The summed E-state index contributed by atoms with van der Waals surface area (Å²) >= 11 is 0. The average molecular weight is 248 g/mol. The highest BCUT2D eigenvalue weighted by Crippen LogP contribution is 2.34. The fraction of sp³-hybridized carbons (Fsp3) is 0.533. The Morgan fingerprint density at radius 1 is 1.33 bits per heavy atom. The summed E-state index contributed by atoms with van der Waals surface area (Å²) in [5, 5.41) is 0. The van der Waals surface area contributed by atoms with Gasteiger partial charge in [0, 0.05) is 20.6 Å². The zero-order valence-electron chi connectivity index (χ0n) is 11.0. The SMILES string of the molecule is COC(OC)C(=O)CC1CCCc2ccccc21. The van der Waals surface area contributed by atoms with Gasteiger partial charge in [-0.05, 0) is 36.3 Å². The highest BCUT2D eigenvalue weighted by atomic mass is 16.7. The van der Waals surface area contributed by atoms with Crippen LogP contribution in [0.15, 0.2) is 24.3 Å². The minimum atomic E-state index is -0.723. The Balaban J connectivity index is 2.09. The van der Waals surface area contributed by atoms with Gasteiger partial charge >= 0.3 is 0 Å². The maximum Gasteiger partial charge on any atom is 0.217 e. The fourth-order valence-corrected chi connectivity index (χ4v) is 2.76. The highest BCUT2D eigenvalue weighted by molar-refractivity contribution is 5.82. The molecule has 0 heterocycles. The Hall–Kier alpha value is -1.19. The average Bonchev–Trinajstić information content (AvgIpc) is 2.40. The van der Waals surface area contributed by atoms with Crippen LogP contribution in [0, 0.1) is 0 Å². The smallest absolute Gasteiger partial charge is 0.217 e. The van der Waals surface area contributed by atoms with E-state index in [1.165, 1.54) is 25.3 Å². The molecule has 1 unspecified atom stereocenters. The van der Waals surface area contributed by atoms with Crippen molar-refractivity contribution in [1.29, 1.82) is 0 Å². The fourth-order valence-electron chi connectivity index (χ4n) is 2.76. The standard InChI is InChI=1S/C15H20O3/c1-17-15(18-2)14(16)10-12-8-5-7-11-6-3-4-9-13(11)12/h3-4,6,9,12,15H,5,7-8,10H2,1-2H3. The quantitative estimate of drug-likeness (QED) is 0.751. The van der Waals surface area contributed by atoms with Crippen molar-refractivity contribution in [1.82, 2.24) is 0 Å². The minimum absolute atomic E-state index is 0.0294. The first kappa shape index (κ1) is 13.2. The molecule has 3 nitrogen and oxygen atoms in total. The Morgan fingerprint density at radius 3 is 2.78 bits per heavy atom. The molecule has 0 aromatic heterocycles. The van der Waals surface area contributed by atoms with Gasteiger partial charge in [-0.3, -0.25) is 4.79 Å². The molecule has 0 N–H and O–H groups in total. The van der Waals surface area contributed by atoms with Gasteiger partial charge in [0.25, 0.3) is 0 Å². The van der Waals surface area contributed by atoms with E-state index < -0.39 is 6.29 Å². The van der Waals surface area contributed by atoms with Crippen molar-refractivity contribution in [2.75, 3.05) is 14.2 Å².